The second-order valence-corrected chi connectivity index (χ2v) is 7.69. The molecule has 0 radical (unpaired) electrons. The highest BCUT2D eigenvalue weighted by Crippen LogP contribution is 2.38. The highest BCUT2D eigenvalue weighted by atomic mass is 19.1. The first-order valence-corrected chi connectivity index (χ1v) is 10.4. The third-order valence-electron chi connectivity index (χ3n) is 5.62. The number of benzene rings is 2. The summed E-state index contributed by atoms with van der Waals surface area (Å²) >= 11 is 0. The number of fused-ring (bicyclic) bond motifs is 1. The van der Waals surface area contributed by atoms with Gasteiger partial charge in [0.1, 0.15) is 18.2 Å². The average Bonchev–Trinajstić information content (AvgIpc) is 3.17. The van der Waals surface area contributed by atoms with E-state index in [1.54, 1.807) is 19.2 Å². The van der Waals surface area contributed by atoms with E-state index in [0.29, 0.717) is 30.5 Å². The van der Waals surface area contributed by atoms with Crippen LogP contribution in [-0.2, 0) is 15.3 Å². The van der Waals surface area contributed by atoms with Crippen LogP contribution in [0.4, 0.5) is 10.1 Å². The molecule has 0 aromatic heterocycles. The van der Waals surface area contributed by atoms with E-state index >= 15 is 0 Å². The first kappa shape index (κ1) is 21.5. The normalized spacial score (nSPS) is 21.4. The Morgan fingerprint density at radius 1 is 1.25 bits per heavy atom. The first-order chi connectivity index (χ1) is 15.4. The molecule has 0 aliphatic carbocycles. The molecule has 32 heavy (non-hydrogen) atoms. The van der Waals surface area contributed by atoms with Gasteiger partial charge in [-0.25, -0.2) is 4.39 Å². The third kappa shape index (κ3) is 4.08. The number of rotatable bonds is 6. The Bertz CT molecular complexity index is 1080. The molecule has 0 bridgehead atoms. The van der Waals surface area contributed by atoms with Gasteiger partial charge < -0.3 is 29.8 Å². The summed E-state index contributed by atoms with van der Waals surface area (Å²) in [7, 11) is 3.50. The lowest BCUT2D eigenvalue weighted by Gasteiger charge is -2.37. The lowest BCUT2D eigenvalue weighted by Crippen LogP contribution is -2.48. The van der Waals surface area contributed by atoms with Crippen LogP contribution in [0.15, 0.2) is 65.3 Å². The molecule has 2 aromatic carbocycles. The van der Waals surface area contributed by atoms with Gasteiger partial charge in [-0.3, -0.25) is 0 Å². The number of hydrogen-bond donors (Lipinski definition) is 2. The molecule has 1 unspecified atom stereocenters. The predicted molar refractivity (Wildman–Crippen MR) is 122 cm³/mol. The summed E-state index contributed by atoms with van der Waals surface area (Å²) in [5, 5.41) is 10.6. The zero-order valence-electron chi connectivity index (χ0n) is 18.6. The molecule has 2 aromatic rings. The number of nitrogens with one attached hydrogen (secondary N) is 2. The Morgan fingerprint density at radius 3 is 2.75 bits per heavy atom. The van der Waals surface area contributed by atoms with Crippen LogP contribution in [0, 0.1) is 5.82 Å². The fourth-order valence-corrected chi connectivity index (χ4v) is 3.64. The molecule has 0 saturated carbocycles. The van der Waals surface area contributed by atoms with Gasteiger partial charge in [-0.2, -0.15) is 0 Å². The number of hydrogen-bond acceptors (Lipinski definition) is 7. The van der Waals surface area contributed by atoms with Crippen molar-refractivity contribution in [2.45, 2.75) is 19.6 Å². The first-order valence-electron chi connectivity index (χ1n) is 10.4. The van der Waals surface area contributed by atoms with Crippen molar-refractivity contribution in [1.82, 2.24) is 10.2 Å². The largest absolute Gasteiger partial charge is 0.495 e. The van der Waals surface area contributed by atoms with E-state index in [9.17, 15) is 4.39 Å². The predicted octanol–water partition coefficient (Wildman–Crippen LogP) is 4.22. The van der Waals surface area contributed by atoms with Crippen LogP contribution >= 0.6 is 0 Å². The minimum absolute atomic E-state index is 0.289. The topological polar surface area (TPSA) is 67.4 Å². The molecule has 8 heteroatoms. The smallest absolute Gasteiger partial charge is 0.234 e. The Hall–Kier alpha value is -3.68. The van der Waals surface area contributed by atoms with Crippen LogP contribution in [0.25, 0.3) is 6.08 Å². The number of ether oxygens (including phenoxy) is 2. The summed E-state index contributed by atoms with van der Waals surface area (Å²) in [5.74, 6) is 1.63. The van der Waals surface area contributed by atoms with Gasteiger partial charge >= 0.3 is 0 Å². The van der Waals surface area contributed by atoms with Crippen molar-refractivity contribution >= 4 is 17.6 Å². The molecule has 168 valence electrons. The van der Waals surface area contributed by atoms with Gasteiger partial charge in [0.2, 0.25) is 11.6 Å². The van der Waals surface area contributed by atoms with Crippen molar-refractivity contribution in [3.63, 3.8) is 0 Å². The van der Waals surface area contributed by atoms with Crippen LogP contribution in [0.1, 0.15) is 25.0 Å². The van der Waals surface area contributed by atoms with Gasteiger partial charge in [0.25, 0.3) is 0 Å². The van der Waals surface area contributed by atoms with Crippen LogP contribution in [-0.4, -0.2) is 38.0 Å². The number of oxime groups is 1. The second-order valence-electron chi connectivity index (χ2n) is 7.69. The zero-order chi connectivity index (χ0) is 22.7. The van der Waals surface area contributed by atoms with E-state index in [2.05, 4.69) is 15.8 Å². The zero-order valence-corrected chi connectivity index (χ0v) is 18.6. The van der Waals surface area contributed by atoms with E-state index in [1.807, 2.05) is 56.3 Å². The van der Waals surface area contributed by atoms with Crippen molar-refractivity contribution in [1.29, 1.82) is 0 Å². The molecule has 2 aliphatic rings. The maximum Gasteiger partial charge on any atom is 0.234 e. The van der Waals surface area contributed by atoms with Crippen molar-refractivity contribution in [2.75, 3.05) is 32.6 Å². The molecule has 1 saturated heterocycles. The van der Waals surface area contributed by atoms with Gasteiger partial charge in [-0.05, 0) is 42.8 Å². The quantitative estimate of drug-likeness (QED) is 0.704. The van der Waals surface area contributed by atoms with Crippen LogP contribution < -0.4 is 15.4 Å². The molecular formula is C24H27FN4O3. The molecule has 2 aliphatic heterocycles. The summed E-state index contributed by atoms with van der Waals surface area (Å²) in [6.07, 6.45) is 3.78. The number of halogens is 1. The number of amidine groups is 1. The number of methoxy groups -OCH3 is 1. The van der Waals surface area contributed by atoms with Gasteiger partial charge in [-0.15, -0.1) is 0 Å². The summed E-state index contributed by atoms with van der Waals surface area (Å²) < 4.78 is 24.9. The van der Waals surface area contributed by atoms with Crippen molar-refractivity contribution in [3.05, 3.63) is 77.1 Å². The maximum absolute atomic E-state index is 13.4. The number of anilines is 1. The lowest BCUT2D eigenvalue weighted by molar-refractivity contribution is -0.0968. The number of morpholine rings is 1. The van der Waals surface area contributed by atoms with E-state index in [4.69, 9.17) is 14.3 Å². The molecule has 0 spiro atoms. The van der Waals surface area contributed by atoms with Gasteiger partial charge in [0.15, 0.2) is 5.76 Å². The van der Waals surface area contributed by atoms with Gasteiger partial charge in [-0.1, -0.05) is 23.4 Å². The van der Waals surface area contributed by atoms with Crippen molar-refractivity contribution < 1.29 is 18.7 Å². The van der Waals surface area contributed by atoms with E-state index < -0.39 is 5.72 Å². The minimum atomic E-state index is -0.825. The van der Waals surface area contributed by atoms with Crippen LogP contribution in [0.3, 0.4) is 0 Å². The van der Waals surface area contributed by atoms with E-state index in [1.165, 1.54) is 12.1 Å². The molecule has 4 rings (SSSR count). The number of allylic oxidation sites excluding steroid dienone is 1. The molecule has 2 N–H and O–H groups in total. The SMILES string of the molecule is CN/C(C)=C\Nc1ccc(/C=C2/OCCN3C2=NOC3(C)c2ccc(F)cc2)cc1OC. The fraction of sp³-hybridized carbons (Fsp3) is 0.292. The van der Waals surface area contributed by atoms with Gasteiger partial charge in [0.05, 0.1) is 19.3 Å². The van der Waals surface area contributed by atoms with Crippen LogP contribution in [0.2, 0.25) is 0 Å². The van der Waals surface area contributed by atoms with E-state index in [-0.39, 0.29) is 5.82 Å². The van der Waals surface area contributed by atoms with Crippen LogP contribution in [0.5, 0.6) is 5.75 Å². The lowest BCUT2D eigenvalue weighted by atomic mass is 10.0. The van der Waals surface area contributed by atoms with E-state index in [0.717, 1.165) is 22.5 Å². The average molecular weight is 439 g/mol. The highest BCUT2D eigenvalue weighted by molar-refractivity contribution is 6.01. The van der Waals surface area contributed by atoms with Crippen molar-refractivity contribution in [2.24, 2.45) is 5.16 Å². The second kappa shape index (κ2) is 8.82. The summed E-state index contributed by atoms with van der Waals surface area (Å²) in [6, 6.07) is 12.1. The molecule has 2 heterocycles. The van der Waals surface area contributed by atoms with Crippen molar-refractivity contribution in [3.8, 4) is 5.75 Å². The summed E-state index contributed by atoms with van der Waals surface area (Å²) in [6.45, 7) is 4.97. The minimum Gasteiger partial charge on any atom is -0.495 e. The Balaban J connectivity index is 1.59. The summed E-state index contributed by atoms with van der Waals surface area (Å²) in [5.41, 5.74) is 2.74. The Morgan fingerprint density at radius 2 is 2.03 bits per heavy atom. The molecule has 1 atom stereocenters. The Labute approximate surface area is 187 Å². The fourth-order valence-electron chi connectivity index (χ4n) is 3.64. The molecular weight excluding hydrogens is 411 g/mol. The molecule has 0 amide bonds. The summed E-state index contributed by atoms with van der Waals surface area (Å²) in [4.78, 5) is 7.87. The standard InChI is InChI=1S/C24H27FN4O3/c1-16(26-3)15-27-20-10-5-17(13-21(20)30-4)14-22-23-28-32-24(2,29(23)11-12-31-22)18-6-8-19(25)9-7-18/h5-10,13-15,26-27H,11-12H2,1-4H3/b16-15-,22-14+. The monoisotopic (exact) mass is 438 g/mol. The third-order valence-corrected chi connectivity index (χ3v) is 5.62. The van der Waals surface area contributed by atoms with Gasteiger partial charge in [0, 0.05) is 31.4 Å². The maximum atomic E-state index is 13.4. The molecule has 7 nitrogen and oxygen atoms in total. The number of nitrogens with zero attached hydrogens (tertiary/aromatic N) is 2. The molecule has 1 fully saturated rings. The highest BCUT2D eigenvalue weighted by Gasteiger charge is 2.46. The Kier molecular flexibility index (Phi) is 5.94.